The van der Waals surface area contributed by atoms with E-state index in [-0.39, 0.29) is 24.4 Å². The van der Waals surface area contributed by atoms with Crippen molar-refractivity contribution >= 4 is 17.6 Å². The molecule has 0 radical (unpaired) electrons. The number of amides is 3. The maximum absolute atomic E-state index is 12.3. The lowest BCUT2D eigenvalue weighted by Gasteiger charge is -2.23. The molecule has 0 aromatic heterocycles. The number of aryl methyl sites for hydroxylation is 1. The molecule has 3 amide bonds. The Kier molecular flexibility index (Phi) is 7.21. The lowest BCUT2D eigenvalue weighted by molar-refractivity contribution is -0.121. The Labute approximate surface area is 155 Å². The van der Waals surface area contributed by atoms with E-state index >= 15 is 0 Å². The maximum atomic E-state index is 12.3. The Hall–Kier alpha value is -2.82. The topological polar surface area (TPSA) is 70.2 Å². The minimum absolute atomic E-state index is 0.0745. The van der Waals surface area contributed by atoms with Gasteiger partial charge in [0.05, 0.1) is 12.6 Å². The molecule has 0 aliphatic carbocycles. The summed E-state index contributed by atoms with van der Waals surface area (Å²) in [6.07, 6.45) is 0.986. The van der Waals surface area contributed by atoms with Crippen LogP contribution in [0.1, 0.15) is 37.9 Å². The van der Waals surface area contributed by atoms with E-state index in [1.54, 1.807) is 12.1 Å². The van der Waals surface area contributed by atoms with E-state index in [1.807, 2.05) is 18.2 Å². The van der Waals surface area contributed by atoms with Crippen molar-refractivity contribution in [2.24, 2.45) is 5.92 Å². The second-order valence-electron chi connectivity index (χ2n) is 6.56. The first kappa shape index (κ1) is 19.5. The third-order valence-electron chi connectivity index (χ3n) is 4.17. The number of para-hydroxylation sites is 1. The Balaban J connectivity index is 1.88. The molecular formula is C21H27N3O2. The second-order valence-corrected chi connectivity index (χ2v) is 6.56. The van der Waals surface area contributed by atoms with Crippen LogP contribution in [-0.4, -0.2) is 18.5 Å². The normalized spacial score (nSPS) is 11.7. The zero-order chi connectivity index (χ0) is 18.9. The van der Waals surface area contributed by atoms with Gasteiger partial charge < -0.3 is 16.0 Å². The highest BCUT2D eigenvalue weighted by Crippen LogP contribution is 2.22. The van der Waals surface area contributed by atoms with Gasteiger partial charge in [-0.1, -0.05) is 63.2 Å². The molecule has 0 aliphatic heterocycles. The number of benzene rings is 2. The van der Waals surface area contributed by atoms with Gasteiger partial charge in [0.25, 0.3) is 0 Å². The number of nitrogens with one attached hydrogen (secondary N) is 3. The molecule has 0 aliphatic rings. The van der Waals surface area contributed by atoms with Crippen molar-refractivity contribution in [3.05, 3.63) is 65.7 Å². The van der Waals surface area contributed by atoms with Gasteiger partial charge in [0.2, 0.25) is 5.91 Å². The van der Waals surface area contributed by atoms with E-state index in [4.69, 9.17) is 0 Å². The van der Waals surface area contributed by atoms with Crippen molar-refractivity contribution in [1.29, 1.82) is 0 Å². The van der Waals surface area contributed by atoms with E-state index in [9.17, 15) is 9.59 Å². The Bertz CT molecular complexity index is 712. The molecule has 2 rings (SSSR count). The summed E-state index contributed by atoms with van der Waals surface area (Å²) < 4.78 is 0. The van der Waals surface area contributed by atoms with Crippen LogP contribution in [0.15, 0.2) is 54.6 Å². The van der Waals surface area contributed by atoms with Crippen LogP contribution in [0.3, 0.4) is 0 Å². The van der Waals surface area contributed by atoms with E-state index in [0.717, 1.165) is 12.0 Å². The number of carbonyl (C=O) groups is 2. The van der Waals surface area contributed by atoms with Crippen molar-refractivity contribution in [2.45, 2.75) is 33.2 Å². The largest absolute Gasteiger partial charge is 0.348 e. The minimum Gasteiger partial charge on any atom is -0.348 e. The van der Waals surface area contributed by atoms with Gasteiger partial charge in [-0.25, -0.2) is 4.79 Å². The molecule has 0 saturated heterocycles. The highest BCUT2D eigenvalue weighted by Gasteiger charge is 2.18. The molecule has 0 unspecified atom stereocenters. The average molecular weight is 353 g/mol. The lowest BCUT2D eigenvalue weighted by Crippen LogP contribution is -2.41. The lowest BCUT2D eigenvalue weighted by atomic mass is 9.95. The summed E-state index contributed by atoms with van der Waals surface area (Å²) in [5.41, 5.74) is 3.02. The first-order chi connectivity index (χ1) is 12.5. The summed E-state index contributed by atoms with van der Waals surface area (Å²) in [4.78, 5) is 24.1. The standard InChI is InChI=1S/C21H27N3O2/c1-4-16-10-12-17(13-11-16)20(15(2)3)24-19(25)14-22-21(26)23-18-8-6-5-7-9-18/h5-13,15,20H,4,14H2,1-3H3,(H,24,25)(H2,22,23,26)/t20-/m1/s1. The highest BCUT2D eigenvalue weighted by molar-refractivity contribution is 5.92. The van der Waals surface area contributed by atoms with Crippen LogP contribution < -0.4 is 16.0 Å². The predicted molar refractivity (Wildman–Crippen MR) is 105 cm³/mol. The van der Waals surface area contributed by atoms with Crippen molar-refractivity contribution in [1.82, 2.24) is 10.6 Å². The molecule has 0 heterocycles. The number of urea groups is 1. The van der Waals surface area contributed by atoms with Crippen LogP contribution in [0, 0.1) is 5.92 Å². The van der Waals surface area contributed by atoms with Crippen molar-refractivity contribution in [3.8, 4) is 0 Å². The predicted octanol–water partition coefficient (Wildman–Crippen LogP) is 3.88. The SMILES string of the molecule is CCc1ccc([C@H](NC(=O)CNC(=O)Nc2ccccc2)C(C)C)cc1. The zero-order valence-corrected chi connectivity index (χ0v) is 15.6. The minimum atomic E-state index is -0.403. The van der Waals surface area contributed by atoms with Crippen molar-refractivity contribution in [2.75, 3.05) is 11.9 Å². The molecule has 0 saturated carbocycles. The Morgan fingerprint density at radius 2 is 1.62 bits per heavy atom. The molecular weight excluding hydrogens is 326 g/mol. The van der Waals surface area contributed by atoms with Gasteiger partial charge in [-0.05, 0) is 35.6 Å². The van der Waals surface area contributed by atoms with E-state index in [1.165, 1.54) is 5.56 Å². The molecule has 3 N–H and O–H groups in total. The first-order valence-electron chi connectivity index (χ1n) is 8.97. The van der Waals surface area contributed by atoms with Crippen LogP contribution in [0.2, 0.25) is 0 Å². The Morgan fingerprint density at radius 3 is 2.19 bits per heavy atom. The molecule has 5 heteroatoms. The van der Waals surface area contributed by atoms with E-state index < -0.39 is 6.03 Å². The smallest absolute Gasteiger partial charge is 0.319 e. The van der Waals surface area contributed by atoms with Gasteiger partial charge >= 0.3 is 6.03 Å². The molecule has 138 valence electrons. The fourth-order valence-electron chi connectivity index (χ4n) is 2.68. The number of anilines is 1. The number of rotatable bonds is 7. The van der Waals surface area contributed by atoms with Crippen LogP contribution >= 0.6 is 0 Å². The molecule has 0 fully saturated rings. The summed E-state index contributed by atoms with van der Waals surface area (Å²) >= 11 is 0. The Morgan fingerprint density at radius 1 is 0.962 bits per heavy atom. The van der Waals surface area contributed by atoms with Crippen molar-refractivity contribution < 1.29 is 9.59 Å². The van der Waals surface area contributed by atoms with Gasteiger partial charge in [0.1, 0.15) is 0 Å². The van der Waals surface area contributed by atoms with Crippen molar-refractivity contribution in [3.63, 3.8) is 0 Å². The van der Waals surface area contributed by atoms with Gasteiger partial charge in [-0.15, -0.1) is 0 Å². The third kappa shape index (κ3) is 5.92. The van der Waals surface area contributed by atoms with Gasteiger partial charge in [-0.3, -0.25) is 4.79 Å². The average Bonchev–Trinajstić information content (AvgIpc) is 2.65. The van der Waals surface area contributed by atoms with Crippen LogP contribution in [0.4, 0.5) is 10.5 Å². The summed E-state index contributed by atoms with van der Waals surface area (Å²) in [5.74, 6) is 0.0241. The second kappa shape index (κ2) is 9.61. The van der Waals surface area contributed by atoms with Gasteiger partial charge in [0.15, 0.2) is 0 Å². The highest BCUT2D eigenvalue weighted by atomic mass is 16.2. The third-order valence-corrected chi connectivity index (χ3v) is 4.17. The zero-order valence-electron chi connectivity index (χ0n) is 15.6. The fraction of sp³-hybridized carbons (Fsp3) is 0.333. The molecule has 0 bridgehead atoms. The molecule has 1 atom stereocenters. The summed E-state index contributed by atoms with van der Waals surface area (Å²) in [7, 11) is 0. The van der Waals surface area contributed by atoms with E-state index in [0.29, 0.717) is 5.69 Å². The van der Waals surface area contributed by atoms with Crippen LogP contribution in [-0.2, 0) is 11.2 Å². The van der Waals surface area contributed by atoms with Gasteiger partial charge in [0, 0.05) is 5.69 Å². The summed E-state index contributed by atoms with van der Waals surface area (Å²) in [6.45, 7) is 6.17. The molecule has 26 heavy (non-hydrogen) atoms. The number of hydrogen-bond donors (Lipinski definition) is 3. The van der Waals surface area contributed by atoms with Crippen LogP contribution in [0.25, 0.3) is 0 Å². The van der Waals surface area contributed by atoms with E-state index in [2.05, 4.69) is 61.0 Å². The molecule has 5 nitrogen and oxygen atoms in total. The quantitative estimate of drug-likeness (QED) is 0.707. The molecule has 2 aromatic carbocycles. The summed E-state index contributed by atoms with van der Waals surface area (Å²) in [5, 5.41) is 8.28. The number of carbonyl (C=O) groups excluding carboxylic acids is 2. The number of hydrogen-bond acceptors (Lipinski definition) is 2. The maximum Gasteiger partial charge on any atom is 0.319 e. The first-order valence-corrected chi connectivity index (χ1v) is 8.97. The fourth-order valence-corrected chi connectivity index (χ4v) is 2.68. The van der Waals surface area contributed by atoms with Gasteiger partial charge in [-0.2, -0.15) is 0 Å². The molecule has 2 aromatic rings. The summed E-state index contributed by atoms with van der Waals surface area (Å²) in [6, 6.07) is 16.9. The molecule has 0 spiro atoms. The van der Waals surface area contributed by atoms with Crippen LogP contribution in [0.5, 0.6) is 0 Å². The monoisotopic (exact) mass is 353 g/mol.